The molecular weight excluding hydrogens is 268 g/mol. The number of benzene rings is 1. The van der Waals surface area contributed by atoms with Crippen LogP contribution in [0.2, 0.25) is 0 Å². The molecule has 0 unspecified atom stereocenters. The first-order valence-corrected chi connectivity index (χ1v) is 7.34. The molecule has 0 aliphatic heterocycles. The Morgan fingerprint density at radius 3 is 2.45 bits per heavy atom. The molecule has 0 amide bonds. The van der Waals surface area contributed by atoms with Crippen LogP contribution < -0.4 is 5.73 Å². The van der Waals surface area contributed by atoms with E-state index in [1.807, 2.05) is 45.0 Å². The molecule has 104 valence electrons. The summed E-state index contributed by atoms with van der Waals surface area (Å²) in [7, 11) is 0. The number of aryl methyl sites for hydroxylation is 2. The fourth-order valence-electron chi connectivity index (χ4n) is 1.78. The number of nitrogens with zero attached hydrogens (tertiary/aromatic N) is 2. The summed E-state index contributed by atoms with van der Waals surface area (Å²) in [6.07, 6.45) is 0. The highest BCUT2D eigenvalue weighted by Gasteiger charge is 2.06. The number of rotatable bonds is 4. The van der Waals surface area contributed by atoms with Crippen LogP contribution in [-0.2, 0) is 5.75 Å². The van der Waals surface area contributed by atoms with E-state index in [0.717, 1.165) is 39.0 Å². The van der Waals surface area contributed by atoms with Gasteiger partial charge < -0.3 is 5.73 Å². The van der Waals surface area contributed by atoms with E-state index in [-0.39, 0.29) is 5.84 Å². The number of hydrogen-bond acceptors (Lipinski definition) is 4. The van der Waals surface area contributed by atoms with Gasteiger partial charge in [-0.1, -0.05) is 30.0 Å². The van der Waals surface area contributed by atoms with Crippen molar-refractivity contribution in [2.24, 2.45) is 5.73 Å². The van der Waals surface area contributed by atoms with Crippen LogP contribution in [0.4, 0.5) is 0 Å². The summed E-state index contributed by atoms with van der Waals surface area (Å²) < 4.78 is 0. The number of nitrogens with two attached hydrogens (primary N) is 1. The van der Waals surface area contributed by atoms with Gasteiger partial charge in [-0.15, -0.1) is 0 Å². The van der Waals surface area contributed by atoms with Crippen molar-refractivity contribution >= 4 is 17.6 Å². The van der Waals surface area contributed by atoms with Gasteiger partial charge in [-0.3, -0.25) is 5.41 Å². The van der Waals surface area contributed by atoms with Crippen molar-refractivity contribution < 1.29 is 0 Å². The lowest BCUT2D eigenvalue weighted by atomic mass is 10.1. The van der Waals surface area contributed by atoms with E-state index in [4.69, 9.17) is 11.1 Å². The van der Waals surface area contributed by atoms with Crippen LogP contribution in [0.5, 0.6) is 0 Å². The van der Waals surface area contributed by atoms with E-state index in [1.54, 1.807) is 11.8 Å². The molecule has 1 heterocycles. The third-order valence-corrected chi connectivity index (χ3v) is 4.14. The van der Waals surface area contributed by atoms with Crippen molar-refractivity contribution in [3.63, 3.8) is 0 Å². The average molecular weight is 286 g/mol. The highest BCUT2D eigenvalue weighted by molar-refractivity contribution is 7.98. The predicted molar refractivity (Wildman–Crippen MR) is 83.3 cm³/mol. The van der Waals surface area contributed by atoms with Crippen molar-refractivity contribution in [2.75, 3.05) is 0 Å². The Morgan fingerprint density at radius 2 is 1.85 bits per heavy atom. The third-order valence-electron chi connectivity index (χ3n) is 3.22. The summed E-state index contributed by atoms with van der Waals surface area (Å²) >= 11 is 1.60. The number of amidine groups is 1. The Hall–Kier alpha value is -1.88. The maximum absolute atomic E-state index is 7.45. The van der Waals surface area contributed by atoms with Gasteiger partial charge in [-0.25, -0.2) is 9.97 Å². The van der Waals surface area contributed by atoms with E-state index in [2.05, 4.69) is 9.97 Å². The molecule has 0 bridgehead atoms. The van der Waals surface area contributed by atoms with Gasteiger partial charge in [0.2, 0.25) is 0 Å². The zero-order chi connectivity index (χ0) is 14.7. The number of thioether (sulfide) groups is 1. The van der Waals surface area contributed by atoms with Crippen LogP contribution >= 0.6 is 11.8 Å². The van der Waals surface area contributed by atoms with E-state index in [1.165, 1.54) is 0 Å². The van der Waals surface area contributed by atoms with Gasteiger partial charge in [0.1, 0.15) is 5.84 Å². The number of nitrogens with one attached hydrogen (secondary N) is 1. The zero-order valence-corrected chi connectivity index (χ0v) is 12.7. The molecule has 3 N–H and O–H groups in total. The van der Waals surface area contributed by atoms with Gasteiger partial charge in [0.05, 0.1) is 0 Å². The summed E-state index contributed by atoms with van der Waals surface area (Å²) in [6.45, 7) is 6.05. The van der Waals surface area contributed by atoms with Crippen molar-refractivity contribution in [1.29, 1.82) is 5.41 Å². The van der Waals surface area contributed by atoms with Crippen molar-refractivity contribution in [3.8, 4) is 0 Å². The number of nitrogen functional groups attached to an aromatic ring is 1. The summed E-state index contributed by atoms with van der Waals surface area (Å²) in [4.78, 5) is 8.98. The molecule has 0 fully saturated rings. The van der Waals surface area contributed by atoms with Crippen LogP contribution in [0.1, 0.15) is 28.1 Å². The molecule has 0 atom stereocenters. The van der Waals surface area contributed by atoms with Gasteiger partial charge >= 0.3 is 0 Å². The monoisotopic (exact) mass is 286 g/mol. The molecule has 2 aromatic rings. The molecule has 2 rings (SSSR count). The van der Waals surface area contributed by atoms with Crippen LogP contribution in [0.15, 0.2) is 29.4 Å². The van der Waals surface area contributed by atoms with Gasteiger partial charge in [-0.05, 0) is 38.0 Å². The second-order valence-corrected chi connectivity index (χ2v) is 5.65. The number of hydrogen-bond donors (Lipinski definition) is 2. The minimum Gasteiger partial charge on any atom is -0.384 e. The highest BCUT2D eigenvalue weighted by Crippen LogP contribution is 2.21. The minimum atomic E-state index is 0.0927. The first-order valence-electron chi connectivity index (χ1n) is 6.35. The Labute approximate surface area is 123 Å². The molecule has 0 saturated carbocycles. The maximum Gasteiger partial charge on any atom is 0.188 e. The lowest BCUT2D eigenvalue weighted by Crippen LogP contribution is -2.10. The molecule has 1 aromatic heterocycles. The van der Waals surface area contributed by atoms with Crippen LogP contribution in [0.25, 0.3) is 0 Å². The predicted octanol–water partition coefficient (Wildman–Crippen LogP) is 2.98. The molecule has 1 aromatic carbocycles. The Morgan fingerprint density at radius 1 is 1.20 bits per heavy atom. The molecule has 5 heteroatoms. The molecular formula is C15H18N4S. The molecule has 0 spiro atoms. The SMILES string of the molecule is Cc1nc(SCc2cccc(C(=N)N)c2)nc(C)c1C. The van der Waals surface area contributed by atoms with Gasteiger partial charge in [-0.2, -0.15) is 0 Å². The average Bonchev–Trinajstić information content (AvgIpc) is 2.42. The first-order chi connectivity index (χ1) is 9.47. The Kier molecular flexibility index (Phi) is 4.39. The van der Waals surface area contributed by atoms with Gasteiger partial charge in [0.25, 0.3) is 0 Å². The minimum absolute atomic E-state index is 0.0927. The van der Waals surface area contributed by atoms with E-state index >= 15 is 0 Å². The van der Waals surface area contributed by atoms with E-state index in [0.29, 0.717) is 0 Å². The maximum atomic E-state index is 7.45. The summed E-state index contributed by atoms with van der Waals surface area (Å²) in [5.41, 5.74) is 10.6. The Balaban J connectivity index is 2.13. The second-order valence-electron chi connectivity index (χ2n) is 4.70. The van der Waals surface area contributed by atoms with Gasteiger partial charge in [0, 0.05) is 22.7 Å². The van der Waals surface area contributed by atoms with Gasteiger partial charge in [0.15, 0.2) is 5.16 Å². The Bertz CT molecular complexity index is 629. The molecule has 0 radical (unpaired) electrons. The molecule has 0 aliphatic rings. The summed E-state index contributed by atoms with van der Waals surface area (Å²) in [6, 6.07) is 7.71. The lowest BCUT2D eigenvalue weighted by molar-refractivity contribution is 0.880. The first kappa shape index (κ1) is 14.5. The number of aromatic nitrogens is 2. The summed E-state index contributed by atoms with van der Waals surface area (Å²) in [5.74, 6) is 0.860. The fourth-order valence-corrected chi connectivity index (χ4v) is 2.66. The lowest BCUT2D eigenvalue weighted by Gasteiger charge is -2.07. The van der Waals surface area contributed by atoms with Crippen molar-refractivity contribution in [2.45, 2.75) is 31.7 Å². The van der Waals surface area contributed by atoms with Crippen molar-refractivity contribution in [3.05, 3.63) is 52.3 Å². The topological polar surface area (TPSA) is 75.7 Å². The third kappa shape index (κ3) is 3.36. The normalized spacial score (nSPS) is 10.6. The molecule has 0 saturated heterocycles. The quantitative estimate of drug-likeness (QED) is 0.392. The molecule has 20 heavy (non-hydrogen) atoms. The largest absolute Gasteiger partial charge is 0.384 e. The van der Waals surface area contributed by atoms with Crippen LogP contribution in [-0.4, -0.2) is 15.8 Å². The molecule has 0 aliphatic carbocycles. The van der Waals surface area contributed by atoms with E-state index in [9.17, 15) is 0 Å². The van der Waals surface area contributed by atoms with Crippen LogP contribution in [0, 0.1) is 26.2 Å². The fraction of sp³-hybridized carbons (Fsp3) is 0.267. The van der Waals surface area contributed by atoms with Crippen molar-refractivity contribution in [1.82, 2.24) is 9.97 Å². The summed E-state index contributed by atoms with van der Waals surface area (Å²) in [5, 5.41) is 8.25. The smallest absolute Gasteiger partial charge is 0.188 e. The standard InChI is InChI=1S/C15H18N4S/c1-9-10(2)18-15(19-11(9)3)20-8-12-5-4-6-13(7-12)14(16)17/h4-7H,8H2,1-3H3,(H3,16,17). The highest BCUT2D eigenvalue weighted by atomic mass is 32.2. The van der Waals surface area contributed by atoms with Crippen LogP contribution in [0.3, 0.4) is 0 Å². The second kappa shape index (κ2) is 6.05. The molecule has 4 nitrogen and oxygen atoms in total. The zero-order valence-electron chi connectivity index (χ0n) is 11.9. The van der Waals surface area contributed by atoms with E-state index < -0.39 is 0 Å².